The molecule has 1 aliphatic rings. The molecule has 152 valence electrons. The number of H-pyrrole nitrogens is 1. The van der Waals surface area contributed by atoms with Gasteiger partial charge in [-0.2, -0.15) is 0 Å². The molecule has 1 aliphatic heterocycles. The number of piperidine rings is 1. The van der Waals surface area contributed by atoms with E-state index in [1.165, 1.54) is 0 Å². The van der Waals surface area contributed by atoms with Gasteiger partial charge in [0.1, 0.15) is 0 Å². The van der Waals surface area contributed by atoms with Crippen molar-refractivity contribution in [1.29, 1.82) is 0 Å². The number of hydrogen-bond acceptors (Lipinski definition) is 4. The third-order valence-electron chi connectivity index (χ3n) is 5.55. The molecular formula is C21H25ClN6O. The zero-order valence-corrected chi connectivity index (χ0v) is 17.4. The lowest BCUT2D eigenvalue weighted by Crippen LogP contribution is -2.51. The standard InChI is InChI=1S/C21H25ClN6O/c1-14-10-15(5-6-18(14)22)12-24-21(29)27(2)17-4-3-9-28(13-17)19-11-16-7-8-23-20(16)26-25-19/h5-8,10-11,17H,3-4,9,12-13H2,1-2H3,(H,23,26)(H,24,29)/t17-/m1/s1. The molecule has 0 aliphatic carbocycles. The van der Waals surface area contributed by atoms with Crippen molar-refractivity contribution in [2.45, 2.75) is 32.4 Å². The first-order valence-electron chi connectivity index (χ1n) is 9.83. The van der Waals surface area contributed by atoms with Crippen LogP contribution in [0, 0.1) is 6.92 Å². The zero-order chi connectivity index (χ0) is 20.4. The average Bonchev–Trinajstić information content (AvgIpc) is 3.22. The fourth-order valence-electron chi connectivity index (χ4n) is 3.76. The van der Waals surface area contributed by atoms with Gasteiger partial charge in [-0.05, 0) is 49.1 Å². The molecule has 3 aromatic rings. The van der Waals surface area contributed by atoms with Gasteiger partial charge in [-0.3, -0.25) is 0 Å². The summed E-state index contributed by atoms with van der Waals surface area (Å²) in [6.07, 6.45) is 3.84. The first-order chi connectivity index (χ1) is 14.0. The van der Waals surface area contributed by atoms with Crippen LogP contribution in [0.2, 0.25) is 5.02 Å². The summed E-state index contributed by atoms with van der Waals surface area (Å²) < 4.78 is 0. The molecule has 2 N–H and O–H groups in total. The van der Waals surface area contributed by atoms with Gasteiger partial charge in [0.15, 0.2) is 11.5 Å². The van der Waals surface area contributed by atoms with Crippen LogP contribution in [-0.4, -0.2) is 52.3 Å². The Morgan fingerprint density at radius 3 is 3.03 bits per heavy atom. The monoisotopic (exact) mass is 412 g/mol. The fourth-order valence-corrected chi connectivity index (χ4v) is 3.88. The molecule has 1 atom stereocenters. The molecule has 7 nitrogen and oxygen atoms in total. The van der Waals surface area contributed by atoms with E-state index in [2.05, 4.69) is 25.4 Å². The minimum atomic E-state index is -0.0726. The number of anilines is 1. The number of fused-ring (bicyclic) bond motifs is 1. The number of hydrogen-bond donors (Lipinski definition) is 2. The second-order valence-electron chi connectivity index (χ2n) is 7.58. The van der Waals surface area contributed by atoms with Crippen molar-refractivity contribution in [2.75, 3.05) is 25.0 Å². The Balaban J connectivity index is 1.37. The predicted octanol–water partition coefficient (Wildman–Crippen LogP) is 3.73. The van der Waals surface area contributed by atoms with Crippen LogP contribution >= 0.6 is 11.6 Å². The summed E-state index contributed by atoms with van der Waals surface area (Å²) in [5.41, 5.74) is 2.83. The number of nitrogens with zero attached hydrogens (tertiary/aromatic N) is 4. The van der Waals surface area contributed by atoms with Gasteiger partial charge in [-0.15, -0.1) is 10.2 Å². The highest BCUT2D eigenvalue weighted by atomic mass is 35.5. The second-order valence-corrected chi connectivity index (χ2v) is 7.99. The Kier molecular flexibility index (Phi) is 5.58. The van der Waals surface area contributed by atoms with E-state index in [0.29, 0.717) is 6.54 Å². The number of aryl methyl sites for hydroxylation is 1. The maximum absolute atomic E-state index is 12.7. The van der Waals surface area contributed by atoms with Crippen molar-refractivity contribution in [2.24, 2.45) is 0 Å². The van der Waals surface area contributed by atoms with Crippen LogP contribution in [0.3, 0.4) is 0 Å². The number of aromatic nitrogens is 3. The first-order valence-corrected chi connectivity index (χ1v) is 10.2. The number of halogens is 1. The van der Waals surface area contributed by atoms with E-state index in [4.69, 9.17) is 11.6 Å². The van der Waals surface area contributed by atoms with Crippen LogP contribution in [0.1, 0.15) is 24.0 Å². The highest BCUT2D eigenvalue weighted by Crippen LogP contribution is 2.22. The SMILES string of the molecule is Cc1cc(CNC(=O)N(C)[C@@H]2CCCN(c3cc4cc[nH]c4nn3)C2)ccc1Cl. The van der Waals surface area contributed by atoms with Crippen LogP contribution in [0.4, 0.5) is 10.6 Å². The average molecular weight is 413 g/mol. The third kappa shape index (κ3) is 4.29. The van der Waals surface area contributed by atoms with E-state index in [9.17, 15) is 4.79 Å². The Morgan fingerprint density at radius 2 is 2.21 bits per heavy atom. The van der Waals surface area contributed by atoms with Crippen molar-refractivity contribution < 1.29 is 4.79 Å². The highest BCUT2D eigenvalue weighted by Gasteiger charge is 2.27. The van der Waals surface area contributed by atoms with E-state index in [1.807, 2.05) is 50.5 Å². The number of benzene rings is 1. The molecule has 2 aromatic heterocycles. The Bertz CT molecular complexity index is 1020. The van der Waals surface area contributed by atoms with Gasteiger partial charge >= 0.3 is 6.03 Å². The summed E-state index contributed by atoms with van der Waals surface area (Å²) in [5.74, 6) is 0.854. The molecule has 1 fully saturated rings. The quantitative estimate of drug-likeness (QED) is 0.684. The Hall–Kier alpha value is -2.80. The third-order valence-corrected chi connectivity index (χ3v) is 5.97. The van der Waals surface area contributed by atoms with Gasteiger partial charge in [-0.25, -0.2) is 4.79 Å². The molecule has 4 rings (SSSR count). The van der Waals surface area contributed by atoms with Crippen molar-refractivity contribution in [3.63, 3.8) is 0 Å². The van der Waals surface area contributed by atoms with E-state index >= 15 is 0 Å². The maximum atomic E-state index is 12.7. The molecule has 0 radical (unpaired) electrons. The van der Waals surface area contributed by atoms with Gasteiger partial charge in [0, 0.05) is 43.3 Å². The molecule has 0 spiro atoms. The van der Waals surface area contributed by atoms with E-state index < -0.39 is 0 Å². The maximum Gasteiger partial charge on any atom is 0.317 e. The lowest BCUT2D eigenvalue weighted by Gasteiger charge is -2.38. The van der Waals surface area contributed by atoms with Crippen molar-refractivity contribution in [1.82, 2.24) is 25.4 Å². The topological polar surface area (TPSA) is 77.2 Å². The van der Waals surface area contributed by atoms with Gasteiger partial charge in [0.2, 0.25) is 0 Å². The zero-order valence-electron chi connectivity index (χ0n) is 16.7. The summed E-state index contributed by atoms with van der Waals surface area (Å²) in [4.78, 5) is 19.8. The number of carbonyl (C=O) groups excluding carboxylic acids is 1. The molecule has 0 unspecified atom stereocenters. The number of rotatable bonds is 4. The molecule has 1 aromatic carbocycles. The lowest BCUT2D eigenvalue weighted by molar-refractivity contribution is 0.182. The van der Waals surface area contributed by atoms with Crippen LogP contribution in [-0.2, 0) is 6.54 Å². The predicted molar refractivity (Wildman–Crippen MR) is 115 cm³/mol. The largest absolute Gasteiger partial charge is 0.353 e. The van der Waals surface area contributed by atoms with Crippen molar-refractivity contribution >= 4 is 34.5 Å². The fraction of sp³-hybridized carbons (Fsp3) is 0.381. The van der Waals surface area contributed by atoms with Crippen LogP contribution in [0.15, 0.2) is 36.5 Å². The molecule has 2 amide bonds. The molecule has 0 bridgehead atoms. The molecule has 8 heteroatoms. The number of urea groups is 1. The number of aromatic amines is 1. The number of likely N-dealkylation sites (N-methyl/N-ethyl adjacent to an activating group) is 1. The summed E-state index contributed by atoms with van der Waals surface area (Å²) in [5, 5.41) is 13.4. The smallest absolute Gasteiger partial charge is 0.317 e. The second kappa shape index (κ2) is 8.29. The Labute approximate surface area is 175 Å². The van der Waals surface area contributed by atoms with Crippen LogP contribution < -0.4 is 10.2 Å². The molecule has 1 saturated heterocycles. The van der Waals surface area contributed by atoms with Crippen molar-refractivity contribution in [3.05, 3.63) is 52.7 Å². The Morgan fingerprint density at radius 1 is 1.34 bits per heavy atom. The first kappa shape index (κ1) is 19.5. The van der Waals surface area contributed by atoms with Crippen LogP contribution in [0.5, 0.6) is 0 Å². The number of amides is 2. The van der Waals surface area contributed by atoms with E-state index in [0.717, 1.165) is 58.9 Å². The van der Waals surface area contributed by atoms with Crippen LogP contribution in [0.25, 0.3) is 11.0 Å². The number of nitrogens with one attached hydrogen (secondary N) is 2. The lowest BCUT2D eigenvalue weighted by atomic mass is 10.0. The molecule has 3 heterocycles. The summed E-state index contributed by atoms with van der Waals surface area (Å²) in [6, 6.07) is 9.89. The highest BCUT2D eigenvalue weighted by molar-refractivity contribution is 6.31. The molecule has 29 heavy (non-hydrogen) atoms. The van der Waals surface area contributed by atoms with Gasteiger partial charge < -0.3 is 20.1 Å². The molecular weight excluding hydrogens is 388 g/mol. The summed E-state index contributed by atoms with van der Waals surface area (Å²) in [7, 11) is 1.86. The molecule has 0 saturated carbocycles. The normalized spacial score (nSPS) is 16.8. The van der Waals surface area contributed by atoms with E-state index in [1.54, 1.807) is 4.90 Å². The number of carbonyl (C=O) groups is 1. The van der Waals surface area contributed by atoms with Gasteiger partial charge in [0.25, 0.3) is 0 Å². The minimum Gasteiger partial charge on any atom is -0.353 e. The van der Waals surface area contributed by atoms with E-state index in [-0.39, 0.29) is 12.1 Å². The van der Waals surface area contributed by atoms with Crippen molar-refractivity contribution in [3.8, 4) is 0 Å². The summed E-state index contributed by atoms with van der Waals surface area (Å²) in [6.45, 7) is 4.10. The van der Waals surface area contributed by atoms with Gasteiger partial charge in [0.05, 0.1) is 6.04 Å². The summed E-state index contributed by atoms with van der Waals surface area (Å²) >= 11 is 6.07. The minimum absolute atomic E-state index is 0.0726. The van der Waals surface area contributed by atoms with Gasteiger partial charge in [-0.1, -0.05) is 23.7 Å².